The minimum Gasteiger partial charge on any atom is -0.330 e. The van der Waals surface area contributed by atoms with Crippen molar-refractivity contribution in [2.75, 3.05) is 6.54 Å². The predicted molar refractivity (Wildman–Crippen MR) is 50.8 cm³/mol. The fourth-order valence-electron chi connectivity index (χ4n) is 2.14. The molecular weight excluding hydrogens is 166 g/mol. The number of hydrogen-bond acceptors (Lipinski definition) is 2. The van der Waals surface area contributed by atoms with Gasteiger partial charge >= 0.3 is 0 Å². The lowest BCUT2D eigenvalue weighted by molar-refractivity contribution is 0.554. The molecule has 1 aromatic rings. The summed E-state index contributed by atoms with van der Waals surface area (Å²) < 4.78 is 1.55. The smallest absolute Gasteiger partial charge is 0.269 e. The molecule has 4 nitrogen and oxygen atoms in total. The maximum atomic E-state index is 11.7. The molecule has 4 heteroatoms. The van der Waals surface area contributed by atoms with Gasteiger partial charge < -0.3 is 5.73 Å². The van der Waals surface area contributed by atoms with Crippen LogP contribution in [0.25, 0.3) is 0 Å². The summed E-state index contributed by atoms with van der Waals surface area (Å²) in [7, 11) is 1.76. The van der Waals surface area contributed by atoms with E-state index in [2.05, 4.69) is 5.10 Å². The predicted octanol–water partition coefficient (Wildman–Crippen LogP) is 0.0920. The summed E-state index contributed by atoms with van der Waals surface area (Å²) in [6.45, 7) is 0.583. The van der Waals surface area contributed by atoms with Crippen LogP contribution in [-0.2, 0) is 13.5 Å². The Kier molecular flexibility index (Phi) is 2.00. The van der Waals surface area contributed by atoms with E-state index in [1.54, 1.807) is 11.7 Å². The SMILES string of the molecule is Cn1[nH]c2c(c1=O)C(CN)CCC2. The first-order valence-corrected chi connectivity index (χ1v) is 4.72. The first kappa shape index (κ1) is 8.56. The highest BCUT2D eigenvalue weighted by atomic mass is 16.1. The van der Waals surface area contributed by atoms with Crippen LogP contribution in [0.5, 0.6) is 0 Å². The van der Waals surface area contributed by atoms with Gasteiger partial charge in [0.25, 0.3) is 5.56 Å². The Labute approximate surface area is 76.7 Å². The number of H-pyrrole nitrogens is 1. The zero-order valence-electron chi connectivity index (χ0n) is 7.84. The van der Waals surface area contributed by atoms with Gasteiger partial charge in [0, 0.05) is 24.2 Å². The molecule has 0 spiro atoms. The van der Waals surface area contributed by atoms with Crippen molar-refractivity contribution < 1.29 is 0 Å². The second kappa shape index (κ2) is 3.03. The number of nitrogens with two attached hydrogens (primary N) is 1. The van der Waals surface area contributed by atoms with E-state index in [0.717, 1.165) is 30.5 Å². The first-order chi connectivity index (χ1) is 6.24. The molecule has 0 aromatic carbocycles. The summed E-state index contributed by atoms with van der Waals surface area (Å²) in [5, 5.41) is 3.08. The summed E-state index contributed by atoms with van der Waals surface area (Å²) in [5.74, 6) is 0.272. The summed E-state index contributed by atoms with van der Waals surface area (Å²) in [6.07, 6.45) is 3.17. The second-order valence-electron chi connectivity index (χ2n) is 3.69. The van der Waals surface area contributed by atoms with Gasteiger partial charge in [-0.3, -0.25) is 14.6 Å². The fraction of sp³-hybridized carbons (Fsp3) is 0.667. The summed E-state index contributed by atoms with van der Waals surface area (Å²) >= 11 is 0. The highest BCUT2D eigenvalue weighted by Crippen LogP contribution is 2.26. The highest BCUT2D eigenvalue weighted by molar-refractivity contribution is 5.25. The van der Waals surface area contributed by atoms with E-state index >= 15 is 0 Å². The van der Waals surface area contributed by atoms with Crippen molar-refractivity contribution in [3.8, 4) is 0 Å². The van der Waals surface area contributed by atoms with Crippen LogP contribution >= 0.6 is 0 Å². The minimum absolute atomic E-state index is 0.102. The number of aromatic amines is 1. The average molecular weight is 181 g/mol. The van der Waals surface area contributed by atoms with Gasteiger partial charge in [0.1, 0.15) is 0 Å². The van der Waals surface area contributed by atoms with Gasteiger partial charge in [-0.15, -0.1) is 0 Å². The molecule has 0 bridgehead atoms. The van der Waals surface area contributed by atoms with Crippen molar-refractivity contribution in [1.82, 2.24) is 9.78 Å². The maximum Gasteiger partial charge on any atom is 0.269 e. The van der Waals surface area contributed by atoms with Crippen LogP contribution in [0.3, 0.4) is 0 Å². The first-order valence-electron chi connectivity index (χ1n) is 4.72. The van der Waals surface area contributed by atoms with Crippen LogP contribution in [0.4, 0.5) is 0 Å². The zero-order valence-corrected chi connectivity index (χ0v) is 7.84. The lowest BCUT2D eigenvalue weighted by Crippen LogP contribution is -2.24. The molecule has 1 atom stereocenters. The monoisotopic (exact) mass is 181 g/mol. The molecule has 1 aliphatic carbocycles. The molecule has 1 aliphatic rings. The van der Waals surface area contributed by atoms with Crippen molar-refractivity contribution in [1.29, 1.82) is 0 Å². The van der Waals surface area contributed by atoms with Crippen molar-refractivity contribution >= 4 is 0 Å². The van der Waals surface area contributed by atoms with Crippen molar-refractivity contribution in [3.63, 3.8) is 0 Å². The molecule has 72 valence electrons. The summed E-state index contributed by atoms with van der Waals surface area (Å²) in [5.41, 5.74) is 7.76. The Morgan fingerprint density at radius 2 is 2.46 bits per heavy atom. The Bertz CT molecular complexity index is 363. The van der Waals surface area contributed by atoms with Gasteiger partial charge in [-0.2, -0.15) is 0 Å². The number of nitrogens with one attached hydrogen (secondary N) is 1. The van der Waals surface area contributed by atoms with E-state index in [1.807, 2.05) is 0 Å². The Morgan fingerprint density at radius 1 is 1.69 bits per heavy atom. The van der Waals surface area contributed by atoms with Crippen LogP contribution < -0.4 is 11.3 Å². The lowest BCUT2D eigenvalue weighted by Gasteiger charge is -2.18. The molecule has 0 amide bonds. The topological polar surface area (TPSA) is 63.8 Å². The standard InChI is InChI=1S/C9H15N3O/c1-12-9(13)8-6(5-10)3-2-4-7(8)11-12/h6,11H,2-5,10H2,1H3. The average Bonchev–Trinajstić information content (AvgIpc) is 2.43. The normalized spacial score (nSPS) is 21.5. The molecule has 13 heavy (non-hydrogen) atoms. The molecule has 0 saturated carbocycles. The number of hydrogen-bond donors (Lipinski definition) is 2. The van der Waals surface area contributed by atoms with Crippen LogP contribution in [0.15, 0.2) is 4.79 Å². The van der Waals surface area contributed by atoms with Crippen molar-refractivity contribution in [2.45, 2.75) is 25.2 Å². The number of rotatable bonds is 1. The molecule has 0 radical (unpaired) electrons. The lowest BCUT2D eigenvalue weighted by atomic mass is 9.87. The van der Waals surface area contributed by atoms with Gasteiger partial charge in [0.15, 0.2) is 0 Å². The van der Waals surface area contributed by atoms with Gasteiger partial charge in [0.2, 0.25) is 0 Å². The van der Waals surface area contributed by atoms with Crippen molar-refractivity contribution in [2.24, 2.45) is 12.8 Å². The number of aromatic nitrogens is 2. The number of aryl methyl sites for hydroxylation is 2. The number of fused-ring (bicyclic) bond motifs is 1. The molecule has 3 N–H and O–H groups in total. The van der Waals surface area contributed by atoms with Crippen LogP contribution in [-0.4, -0.2) is 16.3 Å². The molecule has 2 rings (SSSR count). The molecule has 0 fully saturated rings. The largest absolute Gasteiger partial charge is 0.330 e. The Balaban J connectivity index is 2.54. The third kappa shape index (κ3) is 1.21. The second-order valence-corrected chi connectivity index (χ2v) is 3.69. The van der Waals surface area contributed by atoms with E-state index in [0.29, 0.717) is 6.54 Å². The number of nitrogens with zero attached hydrogens (tertiary/aromatic N) is 1. The molecule has 1 heterocycles. The third-order valence-corrected chi connectivity index (χ3v) is 2.83. The highest BCUT2D eigenvalue weighted by Gasteiger charge is 2.24. The van der Waals surface area contributed by atoms with E-state index < -0.39 is 0 Å². The fourth-order valence-corrected chi connectivity index (χ4v) is 2.14. The van der Waals surface area contributed by atoms with E-state index in [9.17, 15) is 4.79 Å². The summed E-state index contributed by atoms with van der Waals surface area (Å²) in [4.78, 5) is 11.7. The molecule has 1 unspecified atom stereocenters. The molecule has 1 aromatic heterocycles. The quantitative estimate of drug-likeness (QED) is 0.645. The van der Waals surface area contributed by atoms with Crippen LogP contribution in [0.1, 0.15) is 30.0 Å². The third-order valence-electron chi connectivity index (χ3n) is 2.83. The van der Waals surface area contributed by atoms with Crippen LogP contribution in [0, 0.1) is 0 Å². The molecule has 0 aliphatic heterocycles. The molecule has 0 saturated heterocycles. The van der Waals surface area contributed by atoms with Crippen molar-refractivity contribution in [3.05, 3.63) is 21.6 Å². The van der Waals surface area contributed by atoms with E-state index in [1.165, 1.54) is 0 Å². The molecular formula is C9H15N3O. The van der Waals surface area contributed by atoms with Gasteiger partial charge in [-0.1, -0.05) is 0 Å². The van der Waals surface area contributed by atoms with Crippen LogP contribution in [0.2, 0.25) is 0 Å². The zero-order chi connectivity index (χ0) is 9.42. The van der Waals surface area contributed by atoms with Gasteiger partial charge in [0.05, 0.1) is 0 Å². The van der Waals surface area contributed by atoms with Gasteiger partial charge in [-0.25, -0.2) is 0 Å². The van der Waals surface area contributed by atoms with E-state index in [-0.39, 0.29) is 11.5 Å². The van der Waals surface area contributed by atoms with E-state index in [4.69, 9.17) is 5.73 Å². The minimum atomic E-state index is 0.102. The summed E-state index contributed by atoms with van der Waals surface area (Å²) in [6, 6.07) is 0. The maximum absolute atomic E-state index is 11.7. The van der Waals surface area contributed by atoms with Gasteiger partial charge in [-0.05, 0) is 25.8 Å². The Morgan fingerprint density at radius 3 is 3.15 bits per heavy atom. The Hall–Kier alpha value is -1.03.